The van der Waals surface area contributed by atoms with Crippen LogP contribution >= 0.6 is 11.6 Å². The third-order valence-corrected chi connectivity index (χ3v) is 7.99. The van der Waals surface area contributed by atoms with Crippen LogP contribution in [0.2, 0.25) is 5.02 Å². The molecule has 0 atom stereocenters. The average molecular weight is 469 g/mol. The Kier molecular flexibility index (Phi) is 6.26. The number of aryl methyl sites for hydroxylation is 2. The molecule has 7 heteroatoms. The van der Waals surface area contributed by atoms with Crippen LogP contribution in [0, 0.1) is 13.8 Å². The van der Waals surface area contributed by atoms with Gasteiger partial charge in [-0.2, -0.15) is 0 Å². The summed E-state index contributed by atoms with van der Waals surface area (Å²) in [4.78, 5) is 15.3. The third kappa shape index (κ3) is 4.25. The first-order valence-corrected chi connectivity index (χ1v) is 12.3. The molecule has 1 heterocycles. The van der Waals surface area contributed by atoms with E-state index < -0.39 is 10.0 Å². The minimum absolute atomic E-state index is 0.134. The van der Waals surface area contributed by atoms with Gasteiger partial charge in [-0.1, -0.05) is 53.6 Å². The van der Waals surface area contributed by atoms with Crippen LogP contribution in [0.1, 0.15) is 23.1 Å². The standard InChI is InChI=1S/C25H25ClN2O3S/c1-18-12-14-21(15-13-18)32(30,31)28(23-11-5-9-22(26)19(23)2)17-25(29)27-16-6-8-20-7-3-4-10-24(20)27/h3-5,7,9-15H,6,8,16-17H2,1-2H3. The van der Waals surface area contributed by atoms with Crippen LogP contribution in [0.4, 0.5) is 11.4 Å². The smallest absolute Gasteiger partial charge is 0.264 e. The molecule has 1 aliphatic rings. The summed E-state index contributed by atoms with van der Waals surface area (Å²) in [6, 6.07) is 19.5. The van der Waals surface area contributed by atoms with Gasteiger partial charge in [0.05, 0.1) is 10.6 Å². The van der Waals surface area contributed by atoms with E-state index in [1.807, 2.05) is 31.2 Å². The first-order valence-electron chi connectivity index (χ1n) is 10.5. The average Bonchev–Trinajstić information content (AvgIpc) is 2.79. The highest BCUT2D eigenvalue weighted by Crippen LogP contribution is 2.32. The molecule has 0 N–H and O–H groups in total. The lowest BCUT2D eigenvalue weighted by Gasteiger charge is -2.32. The molecule has 0 bridgehead atoms. The quantitative estimate of drug-likeness (QED) is 0.521. The predicted molar refractivity (Wildman–Crippen MR) is 129 cm³/mol. The molecule has 3 aromatic rings. The summed E-state index contributed by atoms with van der Waals surface area (Å²) in [7, 11) is -3.99. The summed E-state index contributed by atoms with van der Waals surface area (Å²) in [5.41, 5.74) is 3.90. The number of nitrogens with zero attached hydrogens (tertiary/aromatic N) is 2. The van der Waals surface area contributed by atoms with Crippen LogP contribution in [0.3, 0.4) is 0 Å². The summed E-state index contributed by atoms with van der Waals surface area (Å²) in [5, 5.41) is 0.447. The highest BCUT2D eigenvalue weighted by Gasteiger charge is 2.31. The number of amides is 1. The van der Waals surface area contributed by atoms with E-state index in [1.54, 1.807) is 54.3 Å². The molecule has 0 saturated carbocycles. The van der Waals surface area contributed by atoms with E-state index in [0.29, 0.717) is 22.8 Å². The Labute approximate surface area is 194 Å². The lowest BCUT2D eigenvalue weighted by Crippen LogP contribution is -2.45. The van der Waals surface area contributed by atoms with Crippen LogP contribution in [-0.2, 0) is 21.2 Å². The van der Waals surface area contributed by atoms with Gasteiger partial charge in [-0.3, -0.25) is 9.10 Å². The Hall–Kier alpha value is -2.83. The number of hydrogen-bond donors (Lipinski definition) is 0. The van der Waals surface area contributed by atoms with Crippen molar-refractivity contribution < 1.29 is 13.2 Å². The predicted octanol–water partition coefficient (Wildman–Crippen LogP) is 5.13. The number of carbonyl (C=O) groups excluding carboxylic acids is 1. The van der Waals surface area contributed by atoms with Crippen molar-refractivity contribution in [3.8, 4) is 0 Å². The number of fused-ring (bicyclic) bond motifs is 1. The van der Waals surface area contributed by atoms with E-state index in [0.717, 1.165) is 29.7 Å². The van der Waals surface area contributed by atoms with Gasteiger partial charge in [-0.05, 0) is 68.1 Å². The van der Waals surface area contributed by atoms with Crippen molar-refractivity contribution in [3.63, 3.8) is 0 Å². The van der Waals surface area contributed by atoms with Crippen LogP contribution in [-0.4, -0.2) is 27.4 Å². The Morgan fingerprint density at radius 2 is 1.72 bits per heavy atom. The summed E-state index contributed by atoms with van der Waals surface area (Å²) in [5.74, 6) is -0.271. The number of sulfonamides is 1. The van der Waals surface area contributed by atoms with Crippen molar-refractivity contribution in [1.82, 2.24) is 0 Å². The van der Waals surface area contributed by atoms with Crippen LogP contribution in [0.25, 0.3) is 0 Å². The number of rotatable bonds is 5. The molecule has 1 amide bonds. The molecule has 1 aliphatic heterocycles. The first kappa shape index (κ1) is 22.4. The minimum atomic E-state index is -3.99. The van der Waals surface area contributed by atoms with Crippen LogP contribution in [0.15, 0.2) is 71.6 Å². The Bertz CT molecular complexity index is 1260. The first-order chi connectivity index (χ1) is 15.3. The molecule has 5 nitrogen and oxygen atoms in total. The highest BCUT2D eigenvalue weighted by atomic mass is 35.5. The lowest BCUT2D eigenvalue weighted by molar-refractivity contribution is -0.117. The zero-order valence-corrected chi connectivity index (χ0v) is 19.7. The maximum absolute atomic E-state index is 13.7. The van der Waals surface area contributed by atoms with Crippen molar-refractivity contribution in [3.05, 3.63) is 88.4 Å². The zero-order chi connectivity index (χ0) is 22.9. The molecule has 0 fully saturated rings. The van der Waals surface area contributed by atoms with Gasteiger partial charge in [-0.15, -0.1) is 0 Å². The molecule has 0 saturated heterocycles. The van der Waals surface area contributed by atoms with Crippen molar-refractivity contribution in [2.45, 2.75) is 31.6 Å². The minimum Gasteiger partial charge on any atom is -0.311 e. The maximum atomic E-state index is 13.7. The van der Waals surface area contributed by atoms with Crippen LogP contribution < -0.4 is 9.21 Å². The molecule has 166 valence electrons. The van der Waals surface area contributed by atoms with Crippen molar-refractivity contribution >= 4 is 38.9 Å². The lowest BCUT2D eigenvalue weighted by atomic mass is 10.0. The molecule has 0 aromatic heterocycles. The largest absolute Gasteiger partial charge is 0.311 e. The van der Waals surface area contributed by atoms with Gasteiger partial charge >= 0.3 is 0 Å². The molecule has 3 aromatic carbocycles. The fraction of sp³-hybridized carbons (Fsp3) is 0.240. The van der Waals surface area contributed by atoms with Crippen LogP contribution in [0.5, 0.6) is 0 Å². The number of anilines is 2. The summed E-state index contributed by atoms with van der Waals surface area (Å²) < 4.78 is 28.5. The Balaban J connectivity index is 1.76. The fourth-order valence-corrected chi connectivity index (χ4v) is 5.65. The number of hydrogen-bond acceptors (Lipinski definition) is 3. The van der Waals surface area contributed by atoms with E-state index in [2.05, 4.69) is 0 Å². The summed E-state index contributed by atoms with van der Waals surface area (Å²) in [6.07, 6.45) is 1.74. The van der Waals surface area contributed by atoms with Gasteiger partial charge in [0.25, 0.3) is 10.0 Å². The van der Waals surface area contributed by atoms with E-state index in [-0.39, 0.29) is 17.3 Å². The molecule has 4 rings (SSSR count). The van der Waals surface area contributed by atoms with Gasteiger partial charge in [0, 0.05) is 17.3 Å². The number of halogens is 1. The SMILES string of the molecule is Cc1ccc(S(=O)(=O)N(CC(=O)N2CCCc3ccccc32)c2cccc(Cl)c2C)cc1. The number of benzene rings is 3. The Morgan fingerprint density at radius 3 is 2.47 bits per heavy atom. The van der Waals surface area contributed by atoms with E-state index in [4.69, 9.17) is 11.6 Å². The Morgan fingerprint density at radius 1 is 1.00 bits per heavy atom. The van der Waals surface area contributed by atoms with Gasteiger partial charge in [0.1, 0.15) is 6.54 Å². The topological polar surface area (TPSA) is 57.7 Å². The highest BCUT2D eigenvalue weighted by molar-refractivity contribution is 7.92. The molecular formula is C25H25ClN2O3S. The molecule has 0 aliphatic carbocycles. The molecule has 0 radical (unpaired) electrons. The second-order valence-electron chi connectivity index (χ2n) is 7.99. The van der Waals surface area contributed by atoms with E-state index >= 15 is 0 Å². The monoisotopic (exact) mass is 468 g/mol. The van der Waals surface area contributed by atoms with Gasteiger partial charge in [-0.25, -0.2) is 8.42 Å². The molecular weight excluding hydrogens is 444 g/mol. The second kappa shape index (κ2) is 8.96. The summed E-state index contributed by atoms with van der Waals surface area (Å²) in [6.45, 7) is 3.90. The second-order valence-corrected chi connectivity index (χ2v) is 10.3. The van der Waals surface area contributed by atoms with Crippen molar-refractivity contribution in [2.75, 3.05) is 22.3 Å². The maximum Gasteiger partial charge on any atom is 0.264 e. The van der Waals surface area contributed by atoms with Gasteiger partial charge in [0.2, 0.25) is 5.91 Å². The van der Waals surface area contributed by atoms with E-state index in [1.165, 1.54) is 4.31 Å². The number of para-hydroxylation sites is 1. The molecule has 0 spiro atoms. The molecule has 32 heavy (non-hydrogen) atoms. The van der Waals surface area contributed by atoms with Crippen molar-refractivity contribution in [1.29, 1.82) is 0 Å². The van der Waals surface area contributed by atoms with Crippen molar-refractivity contribution in [2.24, 2.45) is 0 Å². The van der Waals surface area contributed by atoms with Gasteiger partial charge < -0.3 is 4.90 Å². The zero-order valence-electron chi connectivity index (χ0n) is 18.1. The fourth-order valence-electron chi connectivity index (χ4n) is 4.00. The normalized spacial score (nSPS) is 13.5. The van der Waals surface area contributed by atoms with Gasteiger partial charge in [0.15, 0.2) is 0 Å². The van der Waals surface area contributed by atoms with E-state index in [9.17, 15) is 13.2 Å². The molecule has 0 unspecified atom stereocenters. The number of carbonyl (C=O) groups is 1. The third-order valence-electron chi connectivity index (χ3n) is 5.81. The summed E-state index contributed by atoms with van der Waals surface area (Å²) >= 11 is 6.31.